The van der Waals surface area contributed by atoms with Gasteiger partial charge in [0.2, 0.25) is 5.89 Å². The van der Waals surface area contributed by atoms with E-state index >= 15 is 0 Å². The summed E-state index contributed by atoms with van der Waals surface area (Å²) in [5.41, 5.74) is 1.22. The average molecular weight is 409 g/mol. The Bertz CT molecular complexity index is 1040. The summed E-state index contributed by atoms with van der Waals surface area (Å²) in [6, 6.07) is 15.0. The molecule has 0 aliphatic carbocycles. The molecule has 9 heteroatoms. The number of hydrogen-bond donors (Lipinski definition) is 0. The zero-order valence-corrected chi connectivity index (χ0v) is 15.9. The first-order chi connectivity index (χ1) is 14.1. The van der Waals surface area contributed by atoms with Crippen LogP contribution in [0.2, 0.25) is 0 Å². The second kappa shape index (κ2) is 10.1. The van der Waals surface area contributed by atoms with Crippen molar-refractivity contribution in [2.45, 2.75) is 11.6 Å². The van der Waals surface area contributed by atoms with Gasteiger partial charge in [0.1, 0.15) is 0 Å². The summed E-state index contributed by atoms with van der Waals surface area (Å²) in [5.74, 6) is 5.91. The zero-order chi connectivity index (χ0) is 20.5. The van der Waals surface area contributed by atoms with E-state index in [0.29, 0.717) is 23.3 Å². The number of nitro groups is 1. The Kier molecular flexibility index (Phi) is 6.97. The van der Waals surface area contributed by atoms with Crippen LogP contribution >= 0.6 is 11.8 Å². The number of ether oxygens (including phenoxy) is 1. The lowest BCUT2D eigenvalue weighted by Gasteiger charge is -2.00. The first-order valence-electron chi connectivity index (χ1n) is 8.48. The van der Waals surface area contributed by atoms with Crippen LogP contribution in [0.5, 0.6) is 0 Å². The summed E-state index contributed by atoms with van der Waals surface area (Å²) in [6.45, 7) is -0.0839. The molecule has 1 aromatic heterocycles. The molecule has 2 aromatic carbocycles. The van der Waals surface area contributed by atoms with Crippen molar-refractivity contribution < 1.29 is 18.9 Å². The van der Waals surface area contributed by atoms with Crippen molar-refractivity contribution in [1.82, 2.24) is 10.2 Å². The first-order valence-corrected chi connectivity index (χ1v) is 9.47. The maximum Gasteiger partial charge on any atom is 0.339 e. The molecule has 0 aliphatic rings. The summed E-state index contributed by atoms with van der Waals surface area (Å²) in [7, 11) is 0. The molecule has 0 bridgehead atoms. The van der Waals surface area contributed by atoms with Crippen molar-refractivity contribution in [2.75, 3.05) is 12.4 Å². The van der Waals surface area contributed by atoms with Crippen molar-refractivity contribution in [1.29, 1.82) is 0 Å². The van der Waals surface area contributed by atoms with Crippen molar-refractivity contribution >= 4 is 23.4 Å². The normalized spacial score (nSPS) is 10.1. The van der Waals surface area contributed by atoms with Gasteiger partial charge in [-0.05, 0) is 17.7 Å². The van der Waals surface area contributed by atoms with Gasteiger partial charge in [-0.1, -0.05) is 53.9 Å². The van der Waals surface area contributed by atoms with Crippen LogP contribution in [0.15, 0.2) is 64.2 Å². The summed E-state index contributed by atoms with van der Waals surface area (Å²) < 4.78 is 10.6. The number of carbonyl (C=O) groups is 1. The van der Waals surface area contributed by atoms with E-state index in [9.17, 15) is 14.9 Å². The van der Waals surface area contributed by atoms with Crippen LogP contribution in [0.4, 0.5) is 5.69 Å². The molecule has 0 aliphatic heterocycles. The first kappa shape index (κ1) is 20.1. The number of hydrogen-bond acceptors (Lipinski definition) is 8. The Balaban J connectivity index is 1.39. The van der Waals surface area contributed by atoms with E-state index in [4.69, 9.17) is 9.15 Å². The second-order valence-electron chi connectivity index (χ2n) is 5.65. The maximum absolute atomic E-state index is 11.8. The highest BCUT2D eigenvalue weighted by Gasteiger charge is 2.10. The SMILES string of the molecule is O=C(OCC#CCSc1nnc(Cc2ccccc2)o1)c1ccc([N+](=O)[O-])cc1. The van der Waals surface area contributed by atoms with Gasteiger partial charge in [0.25, 0.3) is 10.9 Å². The third-order valence-corrected chi connectivity index (χ3v) is 4.33. The summed E-state index contributed by atoms with van der Waals surface area (Å²) in [4.78, 5) is 21.9. The summed E-state index contributed by atoms with van der Waals surface area (Å²) >= 11 is 1.29. The molecule has 3 rings (SSSR count). The van der Waals surface area contributed by atoms with E-state index in [0.717, 1.165) is 5.56 Å². The molecule has 0 saturated carbocycles. The zero-order valence-electron chi connectivity index (χ0n) is 15.1. The highest BCUT2D eigenvalue weighted by Crippen LogP contribution is 2.17. The molecule has 0 fully saturated rings. The van der Waals surface area contributed by atoms with Gasteiger partial charge in [-0.2, -0.15) is 0 Å². The fraction of sp³-hybridized carbons (Fsp3) is 0.150. The minimum Gasteiger partial charge on any atom is -0.449 e. The number of nitro benzene ring substituents is 1. The summed E-state index contributed by atoms with van der Waals surface area (Å²) in [5, 5.41) is 19.0. The Morgan fingerprint density at radius 1 is 1.10 bits per heavy atom. The van der Waals surface area contributed by atoms with E-state index in [2.05, 4.69) is 22.0 Å². The van der Waals surface area contributed by atoms with Gasteiger partial charge in [-0.15, -0.1) is 10.2 Å². The van der Waals surface area contributed by atoms with Gasteiger partial charge in [-0.3, -0.25) is 10.1 Å². The van der Waals surface area contributed by atoms with Gasteiger partial charge in [-0.25, -0.2) is 4.79 Å². The number of carbonyl (C=O) groups excluding carboxylic acids is 1. The number of thioether (sulfide) groups is 1. The van der Waals surface area contributed by atoms with Gasteiger partial charge < -0.3 is 9.15 Å². The lowest BCUT2D eigenvalue weighted by molar-refractivity contribution is -0.384. The van der Waals surface area contributed by atoms with Crippen molar-refractivity contribution in [2.24, 2.45) is 0 Å². The monoisotopic (exact) mass is 409 g/mol. The van der Waals surface area contributed by atoms with Crippen molar-refractivity contribution in [3.05, 3.63) is 81.7 Å². The van der Waals surface area contributed by atoms with Gasteiger partial charge >= 0.3 is 5.97 Å². The van der Waals surface area contributed by atoms with Crippen LogP contribution < -0.4 is 0 Å². The fourth-order valence-corrected chi connectivity index (χ4v) is 2.79. The molecule has 0 N–H and O–H groups in total. The van der Waals surface area contributed by atoms with E-state index in [1.807, 2.05) is 30.3 Å². The molecular weight excluding hydrogens is 394 g/mol. The Morgan fingerprint density at radius 2 is 1.86 bits per heavy atom. The van der Waals surface area contributed by atoms with Crippen LogP contribution in [-0.2, 0) is 11.2 Å². The van der Waals surface area contributed by atoms with Crippen LogP contribution in [0, 0.1) is 22.0 Å². The van der Waals surface area contributed by atoms with E-state index in [1.165, 1.54) is 36.0 Å². The highest BCUT2D eigenvalue weighted by atomic mass is 32.2. The predicted octanol–water partition coefficient (Wildman–Crippen LogP) is 3.52. The molecule has 8 nitrogen and oxygen atoms in total. The Labute approximate surface area is 170 Å². The Hall–Kier alpha value is -3.64. The molecule has 146 valence electrons. The third-order valence-electron chi connectivity index (χ3n) is 3.63. The second-order valence-corrected chi connectivity index (χ2v) is 6.57. The number of aromatic nitrogens is 2. The standard InChI is InChI=1S/C20H15N3O5S/c24-19(16-8-10-17(11-9-16)23(25)26)27-12-4-5-13-29-20-22-21-18(28-20)14-15-6-2-1-3-7-15/h1-3,6-11H,12-14H2. The van der Waals surface area contributed by atoms with Crippen LogP contribution in [0.1, 0.15) is 21.8 Å². The highest BCUT2D eigenvalue weighted by molar-refractivity contribution is 7.99. The molecule has 0 unspecified atom stereocenters. The minimum absolute atomic E-state index is 0.0839. The number of non-ortho nitro benzene ring substituents is 1. The lowest BCUT2D eigenvalue weighted by atomic mass is 10.2. The van der Waals surface area contributed by atoms with Crippen LogP contribution in [-0.4, -0.2) is 33.4 Å². The van der Waals surface area contributed by atoms with E-state index in [1.54, 1.807) is 0 Å². The molecule has 29 heavy (non-hydrogen) atoms. The number of nitrogens with zero attached hydrogens (tertiary/aromatic N) is 3. The molecule has 0 saturated heterocycles. The molecule has 0 spiro atoms. The topological polar surface area (TPSA) is 108 Å². The minimum atomic E-state index is -0.593. The maximum atomic E-state index is 11.8. The molecule has 0 radical (unpaired) electrons. The molecule has 0 atom stereocenters. The largest absolute Gasteiger partial charge is 0.449 e. The molecule has 1 heterocycles. The number of esters is 1. The number of benzene rings is 2. The average Bonchev–Trinajstić information content (AvgIpc) is 3.18. The Morgan fingerprint density at radius 3 is 2.59 bits per heavy atom. The molecule has 0 amide bonds. The van der Waals surface area contributed by atoms with Crippen molar-refractivity contribution in [3.8, 4) is 11.8 Å². The lowest BCUT2D eigenvalue weighted by Crippen LogP contribution is -2.05. The van der Waals surface area contributed by atoms with Crippen LogP contribution in [0.3, 0.4) is 0 Å². The van der Waals surface area contributed by atoms with Crippen LogP contribution in [0.25, 0.3) is 0 Å². The summed E-state index contributed by atoms with van der Waals surface area (Å²) in [6.07, 6.45) is 0.568. The van der Waals surface area contributed by atoms with E-state index in [-0.39, 0.29) is 17.9 Å². The van der Waals surface area contributed by atoms with E-state index < -0.39 is 10.9 Å². The molecular formula is C20H15N3O5S. The number of rotatable bonds is 7. The third kappa shape index (κ3) is 6.19. The quantitative estimate of drug-likeness (QED) is 0.192. The van der Waals surface area contributed by atoms with Gasteiger partial charge in [0, 0.05) is 12.1 Å². The van der Waals surface area contributed by atoms with Crippen molar-refractivity contribution in [3.63, 3.8) is 0 Å². The van der Waals surface area contributed by atoms with Gasteiger partial charge in [0.15, 0.2) is 6.61 Å². The smallest absolute Gasteiger partial charge is 0.339 e. The molecule has 3 aromatic rings. The fourth-order valence-electron chi connectivity index (χ4n) is 2.24. The van der Waals surface area contributed by atoms with Gasteiger partial charge in [0.05, 0.1) is 22.7 Å². The predicted molar refractivity (Wildman–Crippen MR) is 105 cm³/mol.